The number of rotatable bonds is 7. The van der Waals surface area contributed by atoms with Crippen molar-refractivity contribution in [3.05, 3.63) is 212 Å². The summed E-state index contributed by atoms with van der Waals surface area (Å²) in [6, 6.07) is 75.9. The summed E-state index contributed by atoms with van der Waals surface area (Å²) in [7, 11) is 0. The molecule has 2 heteroatoms. The van der Waals surface area contributed by atoms with E-state index in [4.69, 9.17) is 4.42 Å². The van der Waals surface area contributed by atoms with E-state index < -0.39 is 0 Å². The molecule has 10 rings (SSSR count). The Kier molecular flexibility index (Phi) is 7.85. The van der Waals surface area contributed by atoms with Gasteiger partial charge in [0.2, 0.25) is 0 Å². The van der Waals surface area contributed by atoms with E-state index in [0.717, 1.165) is 44.6 Å². The van der Waals surface area contributed by atoms with Gasteiger partial charge in [-0.05, 0) is 91.7 Å². The lowest BCUT2D eigenvalue weighted by molar-refractivity contribution is 0.669. The van der Waals surface area contributed by atoms with Crippen LogP contribution < -0.4 is 4.90 Å². The molecule has 1 heterocycles. The molecule has 0 spiro atoms. The van der Waals surface area contributed by atoms with Gasteiger partial charge in [-0.2, -0.15) is 0 Å². The summed E-state index contributed by atoms with van der Waals surface area (Å²) < 4.78 is 6.67. The smallest absolute Gasteiger partial charge is 0.159 e. The first-order valence-electron chi connectivity index (χ1n) is 18.4. The van der Waals surface area contributed by atoms with Crippen molar-refractivity contribution in [3.63, 3.8) is 0 Å². The van der Waals surface area contributed by atoms with Gasteiger partial charge in [-0.1, -0.05) is 176 Å². The highest BCUT2D eigenvalue weighted by atomic mass is 16.3. The van der Waals surface area contributed by atoms with E-state index in [2.05, 4.69) is 211 Å². The fraction of sp³-hybridized carbons (Fsp3) is 0. The van der Waals surface area contributed by atoms with E-state index in [1.807, 2.05) is 6.07 Å². The fourth-order valence-corrected chi connectivity index (χ4v) is 7.98. The molecule has 0 aliphatic rings. The second-order valence-electron chi connectivity index (χ2n) is 13.7. The number of para-hydroxylation sites is 2. The Hall–Kier alpha value is -7.16. The molecule has 254 valence electrons. The molecule has 0 radical (unpaired) electrons. The summed E-state index contributed by atoms with van der Waals surface area (Å²) in [5.41, 5.74) is 14.3. The largest absolute Gasteiger partial charge is 0.454 e. The maximum Gasteiger partial charge on any atom is 0.159 e. The first kappa shape index (κ1) is 31.6. The number of nitrogens with zero attached hydrogens (tertiary/aromatic N) is 1. The number of anilines is 3. The molecule has 0 fully saturated rings. The third-order valence-electron chi connectivity index (χ3n) is 10.5. The van der Waals surface area contributed by atoms with Gasteiger partial charge < -0.3 is 9.32 Å². The van der Waals surface area contributed by atoms with Gasteiger partial charge in [0, 0.05) is 22.1 Å². The van der Waals surface area contributed by atoms with Crippen LogP contribution in [0.15, 0.2) is 217 Å². The van der Waals surface area contributed by atoms with Crippen LogP contribution in [0.1, 0.15) is 0 Å². The Morgan fingerprint density at radius 2 is 0.889 bits per heavy atom. The Morgan fingerprint density at radius 1 is 0.333 bits per heavy atom. The van der Waals surface area contributed by atoms with Gasteiger partial charge >= 0.3 is 0 Å². The van der Waals surface area contributed by atoms with E-state index >= 15 is 0 Å². The third kappa shape index (κ3) is 5.53. The van der Waals surface area contributed by atoms with Crippen molar-refractivity contribution >= 4 is 49.8 Å². The zero-order valence-electron chi connectivity index (χ0n) is 29.6. The lowest BCUT2D eigenvalue weighted by atomic mass is 9.84. The quantitative estimate of drug-likeness (QED) is 0.166. The van der Waals surface area contributed by atoms with Crippen LogP contribution in [-0.4, -0.2) is 0 Å². The molecule has 0 unspecified atom stereocenters. The number of hydrogen-bond acceptors (Lipinski definition) is 2. The Morgan fingerprint density at radius 3 is 1.70 bits per heavy atom. The van der Waals surface area contributed by atoms with Crippen LogP contribution in [0.3, 0.4) is 0 Å². The topological polar surface area (TPSA) is 16.4 Å². The summed E-state index contributed by atoms with van der Waals surface area (Å²) in [6.07, 6.45) is 0. The van der Waals surface area contributed by atoms with Gasteiger partial charge in [0.1, 0.15) is 5.58 Å². The molecule has 10 aromatic rings. The zero-order chi connectivity index (χ0) is 35.8. The summed E-state index contributed by atoms with van der Waals surface area (Å²) in [6.45, 7) is 0. The average molecular weight is 690 g/mol. The van der Waals surface area contributed by atoms with Gasteiger partial charge in [0.15, 0.2) is 5.58 Å². The van der Waals surface area contributed by atoms with Crippen molar-refractivity contribution in [2.75, 3.05) is 4.90 Å². The Labute approximate surface area is 314 Å². The predicted octanol–water partition coefficient (Wildman–Crippen LogP) is 14.9. The van der Waals surface area contributed by atoms with Crippen molar-refractivity contribution in [3.8, 4) is 44.5 Å². The molecule has 0 aliphatic heterocycles. The number of benzene rings is 9. The standard InChI is InChI=1S/C52H35NO/c1-3-17-37(18-4-1)43-24-9-10-26-47(43)51-44(38-19-5-2-6-20-38)27-14-28-45(51)40-22-13-23-41(35-40)53(42-33-32-36-16-7-8-21-39(36)34-42)49-30-15-29-48-46-25-11-12-31-50(46)54-52(48)49/h1-35H. The van der Waals surface area contributed by atoms with Gasteiger partial charge in [-0.15, -0.1) is 0 Å². The van der Waals surface area contributed by atoms with Gasteiger partial charge in [0.05, 0.1) is 5.69 Å². The molecular weight excluding hydrogens is 655 g/mol. The summed E-state index contributed by atoms with van der Waals surface area (Å²) >= 11 is 0. The van der Waals surface area contributed by atoms with E-state index in [1.54, 1.807) is 0 Å². The first-order valence-corrected chi connectivity index (χ1v) is 18.4. The van der Waals surface area contributed by atoms with E-state index in [-0.39, 0.29) is 0 Å². The van der Waals surface area contributed by atoms with E-state index in [0.29, 0.717) is 0 Å². The molecule has 0 atom stereocenters. The molecule has 2 nitrogen and oxygen atoms in total. The van der Waals surface area contributed by atoms with E-state index in [9.17, 15) is 0 Å². The maximum atomic E-state index is 6.67. The highest BCUT2D eigenvalue weighted by Crippen LogP contribution is 2.47. The lowest BCUT2D eigenvalue weighted by Gasteiger charge is -2.27. The Bertz CT molecular complexity index is 2940. The highest BCUT2D eigenvalue weighted by Gasteiger charge is 2.22. The van der Waals surface area contributed by atoms with Crippen LogP contribution in [0.5, 0.6) is 0 Å². The number of hydrogen-bond donors (Lipinski definition) is 0. The summed E-state index contributed by atoms with van der Waals surface area (Å²) in [5.74, 6) is 0. The lowest BCUT2D eigenvalue weighted by Crippen LogP contribution is -2.10. The van der Waals surface area contributed by atoms with Crippen molar-refractivity contribution in [1.29, 1.82) is 0 Å². The molecule has 9 aromatic carbocycles. The first-order chi connectivity index (χ1) is 26.8. The molecule has 54 heavy (non-hydrogen) atoms. The monoisotopic (exact) mass is 689 g/mol. The van der Waals surface area contributed by atoms with Crippen LogP contribution >= 0.6 is 0 Å². The van der Waals surface area contributed by atoms with Gasteiger partial charge in [0.25, 0.3) is 0 Å². The average Bonchev–Trinajstić information content (AvgIpc) is 3.64. The van der Waals surface area contributed by atoms with Crippen LogP contribution in [0.4, 0.5) is 17.1 Å². The second kappa shape index (κ2) is 13.4. The van der Waals surface area contributed by atoms with Crippen molar-refractivity contribution in [2.24, 2.45) is 0 Å². The van der Waals surface area contributed by atoms with E-state index in [1.165, 1.54) is 49.7 Å². The zero-order valence-corrected chi connectivity index (χ0v) is 29.6. The van der Waals surface area contributed by atoms with Crippen molar-refractivity contribution < 1.29 is 4.42 Å². The molecule has 0 saturated carbocycles. The van der Waals surface area contributed by atoms with Gasteiger partial charge in [-0.3, -0.25) is 0 Å². The Balaban J connectivity index is 1.22. The highest BCUT2D eigenvalue weighted by molar-refractivity contribution is 6.10. The molecule has 0 N–H and O–H groups in total. The minimum Gasteiger partial charge on any atom is -0.454 e. The van der Waals surface area contributed by atoms with Crippen molar-refractivity contribution in [1.82, 2.24) is 0 Å². The fourth-order valence-electron chi connectivity index (χ4n) is 7.98. The van der Waals surface area contributed by atoms with Crippen LogP contribution in [0, 0.1) is 0 Å². The van der Waals surface area contributed by atoms with Crippen molar-refractivity contribution in [2.45, 2.75) is 0 Å². The predicted molar refractivity (Wildman–Crippen MR) is 228 cm³/mol. The SMILES string of the molecule is c1ccc(-c2ccccc2-c2c(-c3ccccc3)cccc2-c2cccc(N(c3ccc4ccccc4c3)c3cccc4c3oc3ccccc34)c2)cc1. The molecular formula is C52H35NO. The van der Waals surface area contributed by atoms with Crippen LogP contribution in [0.25, 0.3) is 77.2 Å². The molecule has 0 amide bonds. The molecule has 0 aliphatic carbocycles. The molecule has 0 bridgehead atoms. The van der Waals surface area contributed by atoms with Gasteiger partial charge in [-0.25, -0.2) is 0 Å². The minimum absolute atomic E-state index is 0.862. The van der Waals surface area contributed by atoms with Crippen LogP contribution in [-0.2, 0) is 0 Å². The third-order valence-corrected chi connectivity index (χ3v) is 10.5. The molecule has 0 saturated heterocycles. The summed E-state index contributed by atoms with van der Waals surface area (Å²) in [4.78, 5) is 2.35. The molecule has 1 aromatic heterocycles. The second-order valence-corrected chi connectivity index (χ2v) is 13.7. The maximum absolute atomic E-state index is 6.67. The van der Waals surface area contributed by atoms with Crippen LogP contribution in [0.2, 0.25) is 0 Å². The number of fused-ring (bicyclic) bond motifs is 4. The number of furan rings is 1. The minimum atomic E-state index is 0.862. The summed E-state index contributed by atoms with van der Waals surface area (Å²) in [5, 5.41) is 4.60. The normalized spacial score (nSPS) is 11.3.